The van der Waals surface area contributed by atoms with Crippen LogP contribution in [0.3, 0.4) is 0 Å². The van der Waals surface area contributed by atoms with Crippen LogP contribution in [0.25, 0.3) is 0 Å². The summed E-state index contributed by atoms with van der Waals surface area (Å²) in [6.45, 7) is 6.42. The third-order valence-corrected chi connectivity index (χ3v) is 2.86. The fourth-order valence-corrected chi connectivity index (χ4v) is 1.58. The largest absolute Gasteiger partial charge is 0.462 e. The number of nitrogens with one attached hydrogen (secondary N) is 1. The van der Waals surface area contributed by atoms with Gasteiger partial charge in [0.25, 0.3) is 0 Å². The molecule has 20 heavy (non-hydrogen) atoms. The number of aromatic nitrogens is 1. The first kappa shape index (κ1) is 15.9. The summed E-state index contributed by atoms with van der Waals surface area (Å²) in [6, 6.07) is 2.90. The van der Waals surface area contributed by atoms with Gasteiger partial charge in [0.05, 0.1) is 12.2 Å². The minimum Gasteiger partial charge on any atom is -0.462 e. The van der Waals surface area contributed by atoms with Gasteiger partial charge < -0.3 is 15.0 Å². The molecule has 0 aliphatic carbocycles. The maximum atomic E-state index is 11.9. The predicted octanol–water partition coefficient (Wildman–Crippen LogP) is 1.54. The van der Waals surface area contributed by atoms with E-state index >= 15 is 0 Å². The Hall–Kier alpha value is -2.11. The Bertz CT molecular complexity index is 459. The number of hydrogen-bond acceptors (Lipinski definition) is 5. The SMILES string of the molecule is CCOC(=O)c1ccc(NC(C)C(=O)N(C)CC)nc1. The van der Waals surface area contributed by atoms with Crippen LogP contribution in [-0.2, 0) is 9.53 Å². The summed E-state index contributed by atoms with van der Waals surface area (Å²) in [7, 11) is 1.75. The van der Waals surface area contributed by atoms with E-state index in [9.17, 15) is 9.59 Å². The molecule has 6 nitrogen and oxygen atoms in total. The maximum Gasteiger partial charge on any atom is 0.339 e. The van der Waals surface area contributed by atoms with Gasteiger partial charge in [-0.15, -0.1) is 0 Å². The molecule has 1 unspecified atom stereocenters. The highest BCUT2D eigenvalue weighted by molar-refractivity contribution is 5.89. The molecule has 0 spiro atoms. The number of nitrogens with zero attached hydrogens (tertiary/aromatic N) is 2. The predicted molar refractivity (Wildman–Crippen MR) is 76.6 cm³/mol. The van der Waals surface area contributed by atoms with Gasteiger partial charge in [-0.1, -0.05) is 0 Å². The Morgan fingerprint density at radius 3 is 2.60 bits per heavy atom. The molecule has 0 fully saturated rings. The second-order valence-corrected chi connectivity index (χ2v) is 4.37. The highest BCUT2D eigenvalue weighted by Crippen LogP contribution is 2.08. The van der Waals surface area contributed by atoms with Crippen LogP contribution in [0.5, 0.6) is 0 Å². The first-order valence-electron chi connectivity index (χ1n) is 6.64. The average Bonchev–Trinajstić information content (AvgIpc) is 2.46. The minimum absolute atomic E-state index is 0.0104. The summed E-state index contributed by atoms with van der Waals surface area (Å²) in [6.07, 6.45) is 1.43. The van der Waals surface area contributed by atoms with Gasteiger partial charge in [-0.2, -0.15) is 0 Å². The van der Waals surface area contributed by atoms with Crippen molar-refractivity contribution in [3.63, 3.8) is 0 Å². The average molecular weight is 279 g/mol. The number of ether oxygens (including phenoxy) is 1. The molecule has 1 amide bonds. The van der Waals surface area contributed by atoms with Crippen molar-refractivity contribution < 1.29 is 14.3 Å². The van der Waals surface area contributed by atoms with Crippen LogP contribution in [-0.4, -0.2) is 48.0 Å². The van der Waals surface area contributed by atoms with Crippen molar-refractivity contribution in [1.82, 2.24) is 9.88 Å². The highest BCUT2D eigenvalue weighted by atomic mass is 16.5. The van der Waals surface area contributed by atoms with Crippen molar-refractivity contribution in [2.45, 2.75) is 26.8 Å². The highest BCUT2D eigenvalue weighted by Gasteiger charge is 2.16. The van der Waals surface area contributed by atoms with Crippen LogP contribution in [0, 0.1) is 0 Å². The van der Waals surface area contributed by atoms with Crippen LogP contribution in [0.2, 0.25) is 0 Å². The Kier molecular flexibility index (Phi) is 5.96. The Balaban J connectivity index is 2.66. The van der Waals surface area contributed by atoms with E-state index in [1.165, 1.54) is 6.20 Å². The molecule has 0 bridgehead atoms. The van der Waals surface area contributed by atoms with E-state index < -0.39 is 5.97 Å². The minimum atomic E-state index is -0.401. The van der Waals surface area contributed by atoms with Crippen LogP contribution in [0.1, 0.15) is 31.1 Å². The first-order valence-corrected chi connectivity index (χ1v) is 6.64. The molecule has 0 aromatic carbocycles. The van der Waals surface area contributed by atoms with Crippen molar-refractivity contribution in [2.75, 3.05) is 25.5 Å². The molecule has 1 atom stereocenters. The number of hydrogen-bond donors (Lipinski definition) is 1. The summed E-state index contributed by atoms with van der Waals surface area (Å²) in [4.78, 5) is 29.1. The van der Waals surface area contributed by atoms with Crippen LogP contribution in [0.15, 0.2) is 18.3 Å². The first-order chi connectivity index (χ1) is 9.49. The van der Waals surface area contributed by atoms with Crippen LogP contribution in [0.4, 0.5) is 5.82 Å². The van der Waals surface area contributed by atoms with Gasteiger partial charge in [0.2, 0.25) is 5.91 Å². The smallest absolute Gasteiger partial charge is 0.339 e. The van der Waals surface area contributed by atoms with Gasteiger partial charge in [-0.05, 0) is 32.9 Å². The Morgan fingerprint density at radius 1 is 1.40 bits per heavy atom. The fourth-order valence-electron chi connectivity index (χ4n) is 1.58. The van der Waals surface area contributed by atoms with E-state index in [0.717, 1.165) is 0 Å². The second kappa shape index (κ2) is 7.47. The Labute approximate surface area is 119 Å². The summed E-state index contributed by atoms with van der Waals surface area (Å²) in [5, 5.41) is 3.00. The molecular weight excluding hydrogens is 258 g/mol. The van der Waals surface area contributed by atoms with Gasteiger partial charge in [0, 0.05) is 19.8 Å². The zero-order valence-corrected chi connectivity index (χ0v) is 12.3. The van der Waals surface area contributed by atoms with Crippen molar-refractivity contribution in [3.8, 4) is 0 Å². The number of carbonyl (C=O) groups excluding carboxylic acids is 2. The van der Waals surface area contributed by atoms with Gasteiger partial charge in [-0.25, -0.2) is 9.78 Å². The molecule has 0 saturated carbocycles. The summed E-state index contributed by atoms with van der Waals surface area (Å²) in [5.41, 5.74) is 0.391. The van der Waals surface area contributed by atoms with E-state index in [4.69, 9.17) is 4.74 Å². The number of anilines is 1. The van der Waals surface area contributed by atoms with Crippen molar-refractivity contribution in [1.29, 1.82) is 0 Å². The lowest BCUT2D eigenvalue weighted by atomic mass is 10.2. The molecule has 1 rings (SSSR count). The lowest BCUT2D eigenvalue weighted by Crippen LogP contribution is -2.39. The van der Waals surface area contributed by atoms with E-state index in [0.29, 0.717) is 24.5 Å². The topological polar surface area (TPSA) is 71.5 Å². The lowest BCUT2D eigenvalue weighted by molar-refractivity contribution is -0.130. The Morgan fingerprint density at radius 2 is 2.10 bits per heavy atom. The van der Waals surface area contributed by atoms with Gasteiger partial charge in [0.1, 0.15) is 11.9 Å². The number of carbonyl (C=O) groups is 2. The number of likely N-dealkylation sites (N-methyl/N-ethyl adjacent to an activating group) is 1. The lowest BCUT2D eigenvalue weighted by Gasteiger charge is -2.20. The zero-order chi connectivity index (χ0) is 15.1. The molecule has 110 valence electrons. The number of esters is 1. The van der Waals surface area contributed by atoms with Gasteiger partial charge >= 0.3 is 5.97 Å². The molecule has 0 aliphatic heterocycles. The molecule has 1 aromatic rings. The van der Waals surface area contributed by atoms with Crippen molar-refractivity contribution in [3.05, 3.63) is 23.9 Å². The van der Waals surface area contributed by atoms with Gasteiger partial charge in [-0.3, -0.25) is 4.79 Å². The summed E-state index contributed by atoms with van der Waals surface area (Å²) < 4.78 is 4.87. The van der Waals surface area contributed by atoms with E-state index in [-0.39, 0.29) is 11.9 Å². The standard InChI is InChI=1S/C14H21N3O3/c1-5-17(4)13(18)10(3)16-12-8-7-11(9-15-12)14(19)20-6-2/h7-10H,5-6H2,1-4H3,(H,15,16). The number of amides is 1. The molecular formula is C14H21N3O3. The van der Waals surface area contributed by atoms with Crippen molar-refractivity contribution in [2.24, 2.45) is 0 Å². The van der Waals surface area contributed by atoms with Crippen LogP contribution >= 0.6 is 0 Å². The summed E-state index contributed by atoms with van der Waals surface area (Å²) >= 11 is 0. The normalized spacial score (nSPS) is 11.6. The molecule has 0 saturated heterocycles. The van der Waals surface area contributed by atoms with E-state index in [1.54, 1.807) is 37.9 Å². The number of rotatable bonds is 6. The van der Waals surface area contributed by atoms with E-state index in [2.05, 4.69) is 10.3 Å². The molecule has 1 heterocycles. The molecule has 0 radical (unpaired) electrons. The quantitative estimate of drug-likeness (QED) is 0.800. The maximum absolute atomic E-state index is 11.9. The van der Waals surface area contributed by atoms with Gasteiger partial charge in [0.15, 0.2) is 0 Å². The van der Waals surface area contributed by atoms with Crippen LogP contribution < -0.4 is 5.32 Å². The summed E-state index contributed by atoms with van der Waals surface area (Å²) in [5.74, 6) is 0.133. The number of pyridine rings is 1. The molecule has 1 N–H and O–H groups in total. The molecule has 1 aromatic heterocycles. The fraction of sp³-hybridized carbons (Fsp3) is 0.500. The molecule has 6 heteroatoms. The van der Waals surface area contributed by atoms with Crippen molar-refractivity contribution >= 4 is 17.7 Å². The molecule has 0 aliphatic rings. The third-order valence-electron chi connectivity index (χ3n) is 2.86. The monoisotopic (exact) mass is 279 g/mol. The van der Waals surface area contributed by atoms with E-state index in [1.807, 2.05) is 6.92 Å². The third kappa shape index (κ3) is 4.22. The second-order valence-electron chi connectivity index (χ2n) is 4.37. The zero-order valence-electron chi connectivity index (χ0n) is 12.3.